The van der Waals surface area contributed by atoms with Crippen molar-refractivity contribution in [2.45, 2.75) is 43.7 Å². The van der Waals surface area contributed by atoms with Crippen LogP contribution in [0.25, 0.3) is 0 Å². The van der Waals surface area contributed by atoms with Crippen LogP contribution in [-0.2, 0) is 9.47 Å². The van der Waals surface area contributed by atoms with Gasteiger partial charge in [0.2, 0.25) is 0 Å². The normalized spacial score (nSPS) is 35.3. The maximum Gasteiger partial charge on any atom is 0.0626 e. The van der Waals surface area contributed by atoms with Gasteiger partial charge in [0.05, 0.1) is 18.3 Å². The van der Waals surface area contributed by atoms with Gasteiger partial charge in [-0.15, -0.1) is 0 Å². The van der Waals surface area contributed by atoms with Crippen LogP contribution in [0.2, 0.25) is 0 Å². The molecule has 1 saturated heterocycles. The minimum atomic E-state index is -0.0430. The second kappa shape index (κ2) is 4.28. The summed E-state index contributed by atoms with van der Waals surface area (Å²) in [6.07, 6.45) is 1.39. The third kappa shape index (κ3) is 2.93. The van der Waals surface area contributed by atoms with E-state index in [9.17, 15) is 0 Å². The van der Waals surface area contributed by atoms with Crippen LogP contribution < -0.4 is 0 Å². The van der Waals surface area contributed by atoms with E-state index >= 15 is 0 Å². The van der Waals surface area contributed by atoms with Gasteiger partial charge in [0.15, 0.2) is 0 Å². The molecule has 0 aromatic carbocycles. The Morgan fingerprint density at radius 2 is 2.15 bits per heavy atom. The summed E-state index contributed by atoms with van der Waals surface area (Å²) in [6.45, 7) is 7.21. The second-order valence-electron chi connectivity index (χ2n) is 4.39. The molecule has 3 atom stereocenters. The number of alkyl halides is 1. The van der Waals surface area contributed by atoms with Crippen molar-refractivity contribution in [3.8, 4) is 0 Å². The first-order valence-electron chi connectivity index (χ1n) is 4.77. The van der Waals surface area contributed by atoms with E-state index in [1.807, 2.05) is 0 Å². The predicted octanol–water partition coefficient (Wildman–Crippen LogP) is 2.60. The van der Waals surface area contributed by atoms with Crippen molar-refractivity contribution in [3.05, 3.63) is 0 Å². The summed E-state index contributed by atoms with van der Waals surface area (Å²) >= 11 is 3.65. The third-order valence-corrected chi connectivity index (χ3v) is 3.81. The van der Waals surface area contributed by atoms with Crippen molar-refractivity contribution in [3.63, 3.8) is 0 Å². The summed E-state index contributed by atoms with van der Waals surface area (Å²) in [6, 6.07) is 0. The summed E-state index contributed by atoms with van der Waals surface area (Å²) in [5.74, 6) is 0.565. The van der Waals surface area contributed by atoms with Crippen LogP contribution >= 0.6 is 15.9 Å². The van der Waals surface area contributed by atoms with E-state index in [1.54, 1.807) is 7.11 Å². The van der Waals surface area contributed by atoms with Crippen molar-refractivity contribution in [1.82, 2.24) is 0 Å². The van der Waals surface area contributed by atoms with Gasteiger partial charge >= 0.3 is 0 Å². The van der Waals surface area contributed by atoms with Gasteiger partial charge in [-0.25, -0.2) is 0 Å². The van der Waals surface area contributed by atoms with Gasteiger partial charge in [-0.05, 0) is 27.2 Å². The average Bonchev–Trinajstić information content (AvgIpc) is 2.36. The van der Waals surface area contributed by atoms with Crippen LogP contribution in [0.4, 0.5) is 0 Å². The fourth-order valence-corrected chi connectivity index (χ4v) is 2.50. The first-order chi connectivity index (χ1) is 5.96. The minimum Gasteiger partial charge on any atom is -0.379 e. The summed E-state index contributed by atoms with van der Waals surface area (Å²) in [5, 5.41) is 0. The fourth-order valence-electron chi connectivity index (χ4n) is 1.73. The molecule has 1 aliphatic heterocycles. The fraction of sp³-hybridized carbons (Fsp3) is 1.00. The Labute approximate surface area is 89.1 Å². The second-order valence-corrected chi connectivity index (χ2v) is 5.56. The molecule has 3 heteroatoms. The molecule has 0 aliphatic carbocycles. The van der Waals surface area contributed by atoms with Crippen LogP contribution in [0.5, 0.6) is 0 Å². The molecule has 2 nitrogen and oxygen atoms in total. The van der Waals surface area contributed by atoms with E-state index < -0.39 is 0 Å². The van der Waals surface area contributed by atoms with E-state index in [2.05, 4.69) is 36.7 Å². The highest BCUT2D eigenvalue weighted by Gasteiger charge is 2.36. The van der Waals surface area contributed by atoms with E-state index in [-0.39, 0.29) is 5.60 Å². The first-order valence-corrected chi connectivity index (χ1v) is 5.68. The summed E-state index contributed by atoms with van der Waals surface area (Å²) in [4.78, 5) is 0.483. The predicted molar refractivity (Wildman–Crippen MR) is 57.3 cm³/mol. The highest BCUT2D eigenvalue weighted by molar-refractivity contribution is 9.09. The van der Waals surface area contributed by atoms with E-state index in [0.29, 0.717) is 16.8 Å². The third-order valence-electron chi connectivity index (χ3n) is 2.87. The Bertz CT molecular complexity index is 160. The minimum absolute atomic E-state index is 0.0430. The summed E-state index contributed by atoms with van der Waals surface area (Å²) in [7, 11) is 1.77. The first kappa shape index (κ1) is 11.5. The van der Waals surface area contributed by atoms with Crippen molar-refractivity contribution >= 4 is 15.9 Å². The van der Waals surface area contributed by atoms with Crippen molar-refractivity contribution in [2.75, 3.05) is 13.7 Å². The lowest BCUT2D eigenvalue weighted by molar-refractivity contribution is -0.00778. The Kier molecular flexibility index (Phi) is 3.78. The maximum atomic E-state index is 5.57. The summed E-state index contributed by atoms with van der Waals surface area (Å²) in [5.41, 5.74) is -0.0430. The van der Waals surface area contributed by atoms with Gasteiger partial charge in [0, 0.05) is 17.9 Å². The molecule has 0 saturated carbocycles. The molecule has 3 unspecified atom stereocenters. The van der Waals surface area contributed by atoms with Crippen molar-refractivity contribution < 1.29 is 9.47 Å². The molecule has 0 radical (unpaired) electrons. The molecule has 0 spiro atoms. The molecule has 0 amide bonds. The van der Waals surface area contributed by atoms with E-state index in [0.717, 1.165) is 13.0 Å². The number of hydrogen-bond acceptors (Lipinski definition) is 2. The monoisotopic (exact) mass is 250 g/mol. The quantitative estimate of drug-likeness (QED) is 0.718. The van der Waals surface area contributed by atoms with Gasteiger partial charge in [0.1, 0.15) is 0 Å². The molecule has 0 bridgehead atoms. The van der Waals surface area contributed by atoms with Crippen LogP contribution in [-0.4, -0.2) is 30.2 Å². The van der Waals surface area contributed by atoms with E-state index in [4.69, 9.17) is 9.47 Å². The molecule has 1 heterocycles. The van der Waals surface area contributed by atoms with Gasteiger partial charge in [-0.1, -0.05) is 15.9 Å². The van der Waals surface area contributed by atoms with Gasteiger partial charge in [-0.3, -0.25) is 0 Å². The van der Waals surface area contributed by atoms with Crippen molar-refractivity contribution in [1.29, 1.82) is 0 Å². The van der Waals surface area contributed by atoms with Gasteiger partial charge in [0.25, 0.3) is 0 Å². The highest BCUT2D eigenvalue weighted by Crippen LogP contribution is 2.34. The smallest absolute Gasteiger partial charge is 0.0626 e. The molecule has 0 aromatic rings. The van der Waals surface area contributed by atoms with Crippen LogP contribution in [0.3, 0.4) is 0 Å². The molecule has 1 aliphatic rings. The molecule has 1 rings (SSSR count). The lowest BCUT2D eigenvalue weighted by atomic mass is 9.89. The lowest BCUT2D eigenvalue weighted by Crippen LogP contribution is -2.31. The number of halogens is 1. The van der Waals surface area contributed by atoms with Gasteiger partial charge in [-0.2, -0.15) is 0 Å². The van der Waals surface area contributed by atoms with Crippen LogP contribution in [0.15, 0.2) is 0 Å². The van der Waals surface area contributed by atoms with Crippen LogP contribution in [0.1, 0.15) is 27.2 Å². The Morgan fingerprint density at radius 1 is 1.54 bits per heavy atom. The topological polar surface area (TPSA) is 18.5 Å². The number of methoxy groups -OCH3 is 1. The molecular formula is C10H19BrO2. The molecule has 1 fully saturated rings. The molecule has 78 valence electrons. The van der Waals surface area contributed by atoms with E-state index in [1.165, 1.54) is 0 Å². The summed E-state index contributed by atoms with van der Waals surface area (Å²) < 4.78 is 11.0. The molecular weight excluding hydrogens is 232 g/mol. The number of hydrogen-bond donors (Lipinski definition) is 0. The highest BCUT2D eigenvalue weighted by atomic mass is 79.9. The Hall–Kier alpha value is 0.400. The van der Waals surface area contributed by atoms with Gasteiger partial charge < -0.3 is 9.47 Å². The zero-order valence-corrected chi connectivity index (χ0v) is 10.4. The Morgan fingerprint density at radius 3 is 2.54 bits per heavy atom. The van der Waals surface area contributed by atoms with Crippen LogP contribution in [0, 0.1) is 5.92 Å². The molecule has 0 aromatic heterocycles. The number of ether oxygens (including phenoxy) is 2. The zero-order valence-electron chi connectivity index (χ0n) is 8.84. The SMILES string of the molecule is COC(C)(C)CC1C(Br)COC1C. The zero-order chi connectivity index (χ0) is 10.1. The molecule has 0 N–H and O–H groups in total. The van der Waals surface area contributed by atoms with Crippen molar-refractivity contribution in [2.24, 2.45) is 5.92 Å². The number of rotatable bonds is 3. The standard InChI is InChI=1S/C10H19BrO2/c1-7-8(9(11)6-13-7)5-10(2,3)12-4/h7-9H,5-6H2,1-4H3. The maximum absolute atomic E-state index is 5.57. The average molecular weight is 251 g/mol. The molecule has 13 heavy (non-hydrogen) atoms. The lowest BCUT2D eigenvalue weighted by Gasteiger charge is -2.29. The Balaban J connectivity index is 2.52. The largest absolute Gasteiger partial charge is 0.379 e.